The van der Waals surface area contributed by atoms with Crippen molar-refractivity contribution in [1.29, 1.82) is 0 Å². The van der Waals surface area contributed by atoms with E-state index in [2.05, 4.69) is 15.1 Å². The third kappa shape index (κ3) is 2.63. The van der Waals surface area contributed by atoms with Crippen LogP contribution in [0.5, 0.6) is 0 Å². The molecule has 96 valence electrons. The molecule has 0 fully saturated rings. The molecule has 2 heterocycles. The zero-order chi connectivity index (χ0) is 13.3. The number of aliphatic hydroxyl groups is 1. The van der Waals surface area contributed by atoms with Crippen LogP contribution in [0, 0.1) is 0 Å². The number of aliphatic hydroxyl groups excluding tert-OH is 1. The Labute approximate surface area is 114 Å². The molecule has 0 radical (unpaired) electrons. The molecule has 1 N–H and O–H groups in total. The molecule has 0 aliphatic rings. The van der Waals surface area contributed by atoms with Gasteiger partial charge in [-0.1, -0.05) is 35.3 Å². The van der Waals surface area contributed by atoms with Crippen molar-refractivity contribution in [3.63, 3.8) is 0 Å². The van der Waals surface area contributed by atoms with E-state index in [0.717, 1.165) is 0 Å². The molecular formula is C11H11Cl2N3O2. The lowest BCUT2D eigenvalue weighted by Crippen LogP contribution is -2.11. The van der Waals surface area contributed by atoms with Crippen molar-refractivity contribution in [2.45, 2.75) is 25.9 Å². The van der Waals surface area contributed by atoms with E-state index in [0.29, 0.717) is 21.6 Å². The van der Waals surface area contributed by atoms with Gasteiger partial charge in [0.2, 0.25) is 11.7 Å². The molecule has 2 atom stereocenters. The summed E-state index contributed by atoms with van der Waals surface area (Å²) in [5.74, 6) is 0.365. The molecule has 0 amide bonds. The maximum atomic E-state index is 9.46. The normalized spacial score (nSPS) is 14.5. The van der Waals surface area contributed by atoms with E-state index in [9.17, 15) is 5.11 Å². The van der Waals surface area contributed by atoms with Crippen molar-refractivity contribution < 1.29 is 9.63 Å². The fraction of sp³-hybridized carbons (Fsp3) is 0.364. The Morgan fingerprint density at radius 1 is 1.33 bits per heavy atom. The number of halogens is 2. The lowest BCUT2D eigenvalue weighted by atomic mass is 10.1. The van der Waals surface area contributed by atoms with Gasteiger partial charge in [-0.3, -0.25) is 0 Å². The van der Waals surface area contributed by atoms with Gasteiger partial charge in [0.1, 0.15) is 5.69 Å². The van der Waals surface area contributed by atoms with Gasteiger partial charge in [-0.15, -0.1) is 0 Å². The molecule has 0 aliphatic heterocycles. The number of nitrogens with zero attached hydrogens (tertiary/aromatic N) is 3. The third-order valence-corrected chi connectivity index (χ3v) is 3.07. The van der Waals surface area contributed by atoms with E-state index in [1.165, 1.54) is 6.20 Å². The maximum absolute atomic E-state index is 9.46. The van der Waals surface area contributed by atoms with Crippen LogP contribution >= 0.6 is 23.2 Å². The molecule has 18 heavy (non-hydrogen) atoms. The fourth-order valence-corrected chi connectivity index (χ4v) is 1.77. The molecular weight excluding hydrogens is 277 g/mol. The second kappa shape index (κ2) is 5.22. The van der Waals surface area contributed by atoms with Crippen molar-refractivity contribution in [1.82, 2.24) is 15.1 Å². The Hall–Kier alpha value is -1.17. The van der Waals surface area contributed by atoms with Gasteiger partial charge >= 0.3 is 0 Å². The molecule has 2 unspecified atom stereocenters. The average Bonchev–Trinajstić information content (AvgIpc) is 2.77. The molecule has 0 spiro atoms. The Morgan fingerprint density at radius 3 is 2.67 bits per heavy atom. The van der Waals surface area contributed by atoms with Crippen molar-refractivity contribution >= 4 is 23.2 Å². The van der Waals surface area contributed by atoms with Crippen molar-refractivity contribution in [3.05, 3.63) is 28.2 Å². The van der Waals surface area contributed by atoms with Gasteiger partial charge in [-0.05, 0) is 13.0 Å². The van der Waals surface area contributed by atoms with Crippen LogP contribution in [0.25, 0.3) is 11.5 Å². The first-order chi connectivity index (χ1) is 8.49. The van der Waals surface area contributed by atoms with Gasteiger partial charge in [0.05, 0.1) is 22.1 Å². The summed E-state index contributed by atoms with van der Waals surface area (Å²) in [6, 6.07) is 1.56. The predicted octanol–water partition coefficient (Wildman–Crippen LogP) is 2.92. The fourth-order valence-electron chi connectivity index (χ4n) is 1.30. The maximum Gasteiger partial charge on any atom is 0.232 e. The van der Waals surface area contributed by atoms with E-state index in [-0.39, 0.29) is 11.7 Å². The Morgan fingerprint density at radius 2 is 2.06 bits per heavy atom. The summed E-state index contributed by atoms with van der Waals surface area (Å²) < 4.78 is 5.07. The van der Waals surface area contributed by atoms with Crippen LogP contribution < -0.4 is 0 Å². The molecule has 5 nitrogen and oxygen atoms in total. The van der Waals surface area contributed by atoms with Crippen molar-refractivity contribution in [3.8, 4) is 11.5 Å². The predicted molar refractivity (Wildman–Crippen MR) is 67.6 cm³/mol. The number of hydrogen-bond donors (Lipinski definition) is 1. The molecule has 0 bridgehead atoms. The number of pyridine rings is 1. The number of rotatable bonds is 3. The summed E-state index contributed by atoms with van der Waals surface area (Å²) in [5, 5.41) is 14.0. The van der Waals surface area contributed by atoms with Crippen LogP contribution in [0.4, 0.5) is 0 Å². The minimum Gasteiger partial charge on any atom is -0.393 e. The second-order valence-electron chi connectivity index (χ2n) is 3.97. The van der Waals surface area contributed by atoms with Crippen LogP contribution in [0.1, 0.15) is 25.7 Å². The Kier molecular flexibility index (Phi) is 3.85. The number of aromatic nitrogens is 3. The summed E-state index contributed by atoms with van der Waals surface area (Å²) in [7, 11) is 0. The number of hydrogen-bond acceptors (Lipinski definition) is 5. The van der Waals surface area contributed by atoms with Crippen LogP contribution in [0.3, 0.4) is 0 Å². The Balaban J connectivity index is 2.35. The second-order valence-corrected chi connectivity index (χ2v) is 4.81. The van der Waals surface area contributed by atoms with Crippen LogP contribution in [0.15, 0.2) is 16.8 Å². The average molecular weight is 288 g/mol. The van der Waals surface area contributed by atoms with E-state index in [1.54, 1.807) is 19.9 Å². The standard InChI is InChI=1S/C11H11Cl2N3O2/c1-5(6(2)17)11-15-10(16-18-11)9-8(13)3-7(12)4-14-9/h3-6,17H,1-2H3. The van der Waals surface area contributed by atoms with Crippen molar-refractivity contribution in [2.75, 3.05) is 0 Å². The zero-order valence-corrected chi connectivity index (χ0v) is 11.3. The highest BCUT2D eigenvalue weighted by molar-refractivity contribution is 6.35. The topological polar surface area (TPSA) is 72.0 Å². The van der Waals surface area contributed by atoms with Gasteiger partial charge in [0.15, 0.2) is 0 Å². The van der Waals surface area contributed by atoms with E-state index < -0.39 is 6.10 Å². The van der Waals surface area contributed by atoms with Gasteiger partial charge in [0.25, 0.3) is 0 Å². The first-order valence-corrected chi connectivity index (χ1v) is 6.07. The van der Waals surface area contributed by atoms with Crippen LogP contribution in [0.2, 0.25) is 10.0 Å². The summed E-state index contributed by atoms with van der Waals surface area (Å²) in [4.78, 5) is 8.22. The van der Waals surface area contributed by atoms with Gasteiger partial charge < -0.3 is 9.63 Å². The highest BCUT2D eigenvalue weighted by Gasteiger charge is 2.20. The Bertz CT molecular complexity index is 557. The highest BCUT2D eigenvalue weighted by atomic mass is 35.5. The molecule has 0 aromatic carbocycles. The molecule has 0 saturated heterocycles. The SMILES string of the molecule is CC(O)C(C)c1nc(-c2ncc(Cl)cc2Cl)no1. The monoisotopic (exact) mass is 287 g/mol. The summed E-state index contributed by atoms with van der Waals surface area (Å²) in [5.41, 5.74) is 0.397. The summed E-state index contributed by atoms with van der Waals surface area (Å²) >= 11 is 11.8. The van der Waals surface area contributed by atoms with Gasteiger partial charge in [-0.2, -0.15) is 4.98 Å². The van der Waals surface area contributed by atoms with Crippen LogP contribution in [-0.4, -0.2) is 26.3 Å². The first-order valence-electron chi connectivity index (χ1n) is 5.32. The van der Waals surface area contributed by atoms with E-state index in [1.807, 2.05) is 0 Å². The molecule has 7 heteroatoms. The highest BCUT2D eigenvalue weighted by Crippen LogP contribution is 2.27. The van der Waals surface area contributed by atoms with E-state index >= 15 is 0 Å². The lowest BCUT2D eigenvalue weighted by molar-refractivity contribution is 0.151. The van der Waals surface area contributed by atoms with Crippen molar-refractivity contribution in [2.24, 2.45) is 0 Å². The third-order valence-electron chi connectivity index (χ3n) is 2.57. The molecule has 0 saturated carbocycles. The van der Waals surface area contributed by atoms with Gasteiger partial charge in [-0.25, -0.2) is 4.98 Å². The summed E-state index contributed by atoms with van der Waals surface area (Å²) in [6.07, 6.45) is 0.878. The summed E-state index contributed by atoms with van der Waals surface area (Å²) in [6.45, 7) is 3.45. The van der Waals surface area contributed by atoms with Crippen LogP contribution in [-0.2, 0) is 0 Å². The molecule has 2 aromatic heterocycles. The largest absolute Gasteiger partial charge is 0.393 e. The minimum absolute atomic E-state index is 0.252. The first kappa shape index (κ1) is 13.3. The zero-order valence-electron chi connectivity index (χ0n) is 9.76. The molecule has 0 aliphatic carbocycles. The van der Waals surface area contributed by atoms with Gasteiger partial charge in [0, 0.05) is 6.20 Å². The quantitative estimate of drug-likeness (QED) is 0.940. The minimum atomic E-state index is -0.577. The smallest absolute Gasteiger partial charge is 0.232 e. The molecule has 2 aromatic rings. The molecule has 2 rings (SSSR count). The van der Waals surface area contributed by atoms with E-state index in [4.69, 9.17) is 27.7 Å². The lowest BCUT2D eigenvalue weighted by Gasteiger charge is -2.07.